The number of halogens is 3. The summed E-state index contributed by atoms with van der Waals surface area (Å²) in [6.45, 7) is -0.0372. The third kappa shape index (κ3) is 5.76. The molecule has 0 aliphatic rings. The Morgan fingerprint density at radius 2 is 1.96 bits per heavy atom. The highest BCUT2D eigenvalue weighted by Gasteiger charge is 2.30. The molecule has 0 atom stereocenters. The van der Waals surface area contributed by atoms with Crippen molar-refractivity contribution in [3.63, 3.8) is 0 Å². The van der Waals surface area contributed by atoms with Gasteiger partial charge in [0.2, 0.25) is 0 Å². The van der Waals surface area contributed by atoms with E-state index < -0.39 is 6.36 Å². The maximum atomic E-state index is 12.1. The number of thiocarbonyl (C=S) groups is 1. The van der Waals surface area contributed by atoms with Crippen LogP contribution in [0.15, 0.2) is 45.9 Å². The lowest BCUT2D eigenvalue weighted by molar-refractivity contribution is -0.274. The third-order valence-electron chi connectivity index (χ3n) is 2.89. The lowest BCUT2D eigenvalue weighted by atomic mass is 10.2. The van der Waals surface area contributed by atoms with Gasteiger partial charge < -0.3 is 20.0 Å². The van der Waals surface area contributed by atoms with Crippen molar-refractivity contribution >= 4 is 23.5 Å². The number of furan rings is 1. The van der Waals surface area contributed by atoms with Gasteiger partial charge in [0, 0.05) is 5.56 Å². The fraction of sp³-hybridized carbons (Fsp3) is 0.200. The number of nitrogens with zero attached hydrogens (tertiary/aromatic N) is 2. The van der Waals surface area contributed by atoms with E-state index in [-0.39, 0.29) is 24.0 Å². The number of hydrogen-bond acceptors (Lipinski definition) is 5. The molecule has 0 aliphatic carbocycles. The third-order valence-corrected chi connectivity index (χ3v) is 3.10. The molecule has 0 amide bonds. The number of aliphatic hydroxyl groups is 1. The van der Waals surface area contributed by atoms with Crippen molar-refractivity contribution in [2.24, 2.45) is 10.8 Å². The first kappa shape index (κ1) is 18.7. The van der Waals surface area contributed by atoms with Crippen LogP contribution in [0, 0.1) is 0 Å². The monoisotopic (exact) mass is 373 g/mol. The second-order valence-electron chi connectivity index (χ2n) is 4.70. The zero-order valence-corrected chi connectivity index (χ0v) is 13.5. The first-order chi connectivity index (χ1) is 11.8. The fourth-order valence-corrected chi connectivity index (χ4v) is 1.98. The van der Waals surface area contributed by atoms with E-state index >= 15 is 0 Å². The van der Waals surface area contributed by atoms with Crippen LogP contribution >= 0.6 is 12.2 Å². The van der Waals surface area contributed by atoms with Crippen LogP contribution < -0.4 is 10.5 Å². The van der Waals surface area contributed by atoms with Gasteiger partial charge in [-0.3, -0.25) is 0 Å². The van der Waals surface area contributed by atoms with Crippen LogP contribution in [0.1, 0.15) is 5.76 Å². The molecule has 0 saturated heterocycles. The molecule has 2 aromatic rings. The molecule has 0 aliphatic heterocycles. The van der Waals surface area contributed by atoms with Gasteiger partial charge in [0.1, 0.15) is 17.3 Å². The van der Waals surface area contributed by atoms with Gasteiger partial charge in [-0.2, -0.15) is 5.10 Å². The summed E-state index contributed by atoms with van der Waals surface area (Å²) >= 11 is 4.79. The molecule has 1 aromatic carbocycles. The molecule has 1 heterocycles. The number of alkyl halides is 3. The van der Waals surface area contributed by atoms with Crippen molar-refractivity contribution in [1.29, 1.82) is 0 Å². The largest absolute Gasteiger partial charge is 0.573 e. The van der Waals surface area contributed by atoms with Crippen LogP contribution in [-0.4, -0.2) is 41.0 Å². The Bertz CT molecular complexity index is 744. The van der Waals surface area contributed by atoms with Gasteiger partial charge in [-0.05, 0) is 48.6 Å². The van der Waals surface area contributed by atoms with Crippen LogP contribution in [0.5, 0.6) is 5.75 Å². The first-order valence-electron chi connectivity index (χ1n) is 6.96. The molecule has 0 bridgehead atoms. The highest BCUT2D eigenvalue weighted by molar-refractivity contribution is 7.80. The Morgan fingerprint density at radius 1 is 1.28 bits per heavy atom. The topological polar surface area (TPSA) is 84.2 Å². The summed E-state index contributed by atoms with van der Waals surface area (Å²) in [6, 6.07) is 8.51. The summed E-state index contributed by atoms with van der Waals surface area (Å²) in [6.07, 6.45) is -3.38. The highest BCUT2D eigenvalue weighted by Crippen LogP contribution is 2.27. The first-order valence-corrected chi connectivity index (χ1v) is 7.37. The average Bonchev–Trinajstić information content (AvgIpc) is 2.99. The van der Waals surface area contributed by atoms with E-state index in [4.69, 9.17) is 27.5 Å². The molecule has 10 heteroatoms. The Hall–Kier alpha value is -2.59. The molecule has 0 spiro atoms. The van der Waals surface area contributed by atoms with Crippen molar-refractivity contribution in [2.45, 2.75) is 6.36 Å². The molecular weight excluding hydrogens is 359 g/mol. The Balaban J connectivity index is 2.09. The van der Waals surface area contributed by atoms with Gasteiger partial charge in [-0.25, -0.2) is 5.01 Å². The van der Waals surface area contributed by atoms with Crippen LogP contribution in [0.3, 0.4) is 0 Å². The van der Waals surface area contributed by atoms with Crippen molar-refractivity contribution in [3.05, 3.63) is 42.2 Å². The summed E-state index contributed by atoms with van der Waals surface area (Å²) in [5.74, 6) is 0.495. The van der Waals surface area contributed by atoms with Crippen molar-refractivity contribution in [1.82, 2.24) is 5.01 Å². The Labute approximate surface area is 146 Å². The molecule has 0 radical (unpaired) electrons. The molecule has 0 fully saturated rings. The average molecular weight is 373 g/mol. The molecule has 3 N–H and O–H groups in total. The minimum Gasteiger partial charge on any atom is -0.455 e. The van der Waals surface area contributed by atoms with E-state index in [2.05, 4.69) is 9.84 Å². The van der Waals surface area contributed by atoms with Gasteiger partial charge in [0.05, 0.1) is 19.4 Å². The number of hydrogen-bond donors (Lipinski definition) is 2. The summed E-state index contributed by atoms with van der Waals surface area (Å²) in [4.78, 5) is 0. The maximum Gasteiger partial charge on any atom is 0.573 e. The molecule has 0 unspecified atom stereocenters. The number of nitrogens with two attached hydrogens (primary N) is 1. The van der Waals surface area contributed by atoms with Crippen LogP contribution in [-0.2, 0) is 0 Å². The smallest absolute Gasteiger partial charge is 0.455 e. The van der Waals surface area contributed by atoms with E-state index in [1.165, 1.54) is 35.5 Å². The predicted molar refractivity (Wildman–Crippen MR) is 89.0 cm³/mol. The van der Waals surface area contributed by atoms with Gasteiger partial charge in [0.25, 0.3) is 0 Å². The normalized spacial score (nSPS) is 11.7. The van der Waals surface area contributed by atoms with E-state index in [1.807, 2.05) is 0 Å². The standard InChI is InChI=1S/C15H14F3N3O3S/c16-15(17,18)24-11-3-1-10(2-4-11)13-6-5-12(23-13)9-20-21(7-8-22)14(19)25/h1-6,9,22H,7-8H2,(H2,19,25). The minimum absolute atomic E-state index is 0.00247. The lowest BCUT2D eigenvalue weighted by Crippen LogP contribution is -2.33. The predicted octanol–water partition coefficient (Wildman–Crippen LogP) is 2.72. The minimum atomic E-state index is -4.74. The summed E-state index contributed by atoms with van der Waals surface area (Å²) in [5.41, 5.74) is 6.02. The van der Waals surface area contributed by atoms with E-state index in [0.717, 1.165) is 0 Å². The Morgan fingerprint density at radius 3 is 2.52 bits per heavy atom. The van der Waals surface area contributed by atoms with Crippen molar-refractivity contribution < 1.29 is 27.4 Å². The quantitative estimate of drug-likeness (QED) is 0.460. The molecule has 0 saturated carbocycles. The maximum absolute atomic E-state index is 12.1. The van der Waals surface area contributed by atoms with Crippen molar-refractivity contribution in [2.75, 3.05) is 13.2 Å². The van der Waals surface area contributed by atoms with Gasteiger partial charge >= 0.3 is 6.36 Å². The molecule has 25 heavy (non-hydrogen) atoms. The van der Waals surface area contributed by atoms with E-state index in [1.54, 1.807) is 12.1 Å². The van der Waals surface area contributed by atoms with Gasteiger partial charge in [0.15, 0.2) is 5.11 Å². The van der Waals surface area contributed by atoms with Crippen LogP contribution in [0.2, 0.25) is 0 Å². The van der Waals surface area contributed by atoms with E-state index in [0.29, 0.717) is 17.1 Å². The molecule has 134 valence electrons. The summed E-state index contributed by atoms with van der Waals surface area (Å²) < 4.78 is 45.8. The zero-order chi connectivity index (χ0) is 18.4. The van der Waals surface area contributed by atoms with Gasteiger partial charge in [-0.1, -0.05) is 0 Å². The molecule has 1 aromatic heterocycles. The number of hydrazone groups is 1. The van der Waals surface area contributed by atoms with Gasteiger partial charge in [-0.15, -0.1) is 13.2 Å². The second-order valence-corrected chi connectivity index (χ2v) is 5.12. The SMILES string of the molecule is NC(=S)N(CCO)N=Cc1ccc(-c2ccc(OC(F)(F)F)cc2)o1. The Kier molecular flexibility index (Phi) is 5.99. The molecule has 6 nitrogen and oxygen atoms in total. The second kappa shape index (κ2) is 7.99. The number of benzene rings is 1. The number of rotatable bonds is 6. The number of ether oxygens (including phenoxy) is 1. The van der Waals surface area contributed by atoms with E-state index in [9.17, 15) is 13.2 Å². The molecular formula is C15H14F3N3O3S. The van der Waals surface area contributed by atoms with Crippen molar-refractivity contribution in [3.8, 4) is 17.1 Å². The van der Waals surface area contributed by atoms with Crippen LogP contribution in [0.25, 0.3) is 11.3 Å². The molecule has 2 rings (SSSR count). The number of aliphatic hydroxyl groups excluding tert-OH is 1. The summed E-state index contributed by atoms with van der Waals surface area (Å²) in [7, 11) is 0. The van der Waals surface area contributed by atoms with Crippen LogP contribution in [0.4, 0.5) is 13.2 Å². The fourth-order valence-electron chi connectivity index (χ4n) is 1.84. The lowest BCUT2D eigenvalue weighted by Gasteiger charge is -2.14. The summed E-state index contributed by atoms with van der Waals surface area (Å²) in [5, 5.41) is 14.1. The zero-order valence-electron chi connectivity index (χ0n) is 12.7. The highest BCUT2D eigenvalue weighted by atomic mass is 32.1.